The van der Waals surface area contributed by atoms with Gasteiger partial charge >= 0.3 is 6.36 Å². The molecule has 8 nitrogen and oxygen atoms in total. The number of carbonyl (C=O) groups is 1. The summed E-state index contributed by atoms with van der Waals surface area (Å²) < 4.78 is 43.7. The number of benzene rings is 2. The maximum atomic E-state index is 12.5. The number of imidazole rings is 1. The molecule has 3 N–H and O–H groups in total. The Bertz CT molecular complexity index is 1300. The van der Waals surface area contributed by atoms with Gasteiger partial charge in [-0.15, -0.1) is 13.2 Å². The number of aliphatic hydroxyl groups excluding tert-OH is 1. The Morgan fingerprint density at radius 2 is 1.97 bits per heavy atom. The Morgan fingerprint density at radius 3 is 2.73 bits per heavy atom. The predicted octanol–water partition coefficient (Wildman–Crippen LogP) is 4.33. The molecule has 2 heterocycles. The number of nitrogens with one attached hydrogen (secondary N) is 2. The zero-order valence-electron chi connectivity index (χ0n) is 17.4. The Labute approximate surface area is 190 Å². The number of amides is 1. The molecule has 0 radical (unpaired) electrons. The number of anilines is 2. The molecule has 0 spiro atoms. The van der Waals surface area contributed by atoms with Crippen molar-refractivity contribution in [1.82, 2.24) is 19.9 Å². The molecule has 0 aliphatic carbocycles. The molecule has 2 aromatic carbocycles. The number of thiazole rings is 1. The molecular weight excluding hydrogens is 459 g/mol. The summed E-state index contributed by atoms with van der Waals surface area (Å²) in [5.74, 6) is -0.0653. The minimum atomic E-state index is -4.76. The molecule has 0 atom stereocenters. The number of nitrogens with zero attached hydrogens (tertiary/aromatic N) is 3. The van der Waals surface area contributed by atoms with Gasteiger partial charge in [-0.1, -0.05) is 11.3 Å². The molecule has 12 heteroatoms. The van der Waals surface area contributed by atoms with Crippen molar-refractivity contribution in [2.24, 2.45) is 7.05 Å². The number of aliphatic hydroxyl groups is 1. The third-order valence-corrected chi connectivity index (χ3v) is 5.76. The quantitative estimate of drug-likeness (QED) is 0.325. The van der Waals surface area contributed by atoms with E-state index < -0.39 is 6.36 Å². The summed E-state index contributed by atoms with van der Waals surface area (Å²) >= 11 is 1.17. The lowest BCUT2D eigenvalue weighted by Crippen LogP contribution is -2.24. The lowest BCUT2D eigenvalue weighted by molar-refractivity contribution is -0.274. The fraction of sp³-hybridized carbons (Fsp3) is 0.286. The second kappa shape index (κ2) is 9.24. The van der Waals surface area contributed by atoms with Gasteiger partial charge in [-0.25, -0.2) is 9.97 Å². The van der Waals surface area contributed by atoms with E-state index in [1.165, 1.54) is 29.5 Å². The minimum absolute atomic E-state index is 0.0860. The first-order chi connectivity index (χ1) is 15.7. The van der Waals surface area contributed by atoms with Crippen LogP contribution in [0.4, 0.5) is 24.3 Å². The van der Waals surface area contributed by atoms with Crippen LogP contribution in [0.5, 0.6) is 5.75 Å². The standard InChI is InChI=1S/C21H20F3N5O3S/c1-29-16-7-4-12(18(31)25-8-2-3-9-30)10-15(16)26-19(29)28-20-27-14-6-5-13(11-17(14)33-20)32-21(22,23)24/h4-7,10-11,30H,2-3,8-9H2,1H3,(H,25,31)(H,26,27,28). The van der Waals surface area contributed by atoms with Gasteiger partial charge in [-0.05, 0) is 43.2 Å². The summed E-state index contributed by atoms with van der Waals surface area (Å²) in [5.41, 5.74) is 2.38. The Morgan fingerprint density at radius 1 is 1.15 bits per heavy atom. The van der Waals surface area contributed by atoms with Crippen molar-refractivity contribution in [2.45, 2.75) is 19.2 Å². The van der Waals surface area contributed by atoms with E-state index in [1.807, 2.05) is 0 Å². The highest BCUT2D eigenvalue weighted by Crippen LogP contribution is 2.33. The van der Waals surface area contributed by atoms with Crippen molar-refractivity contribution in [3.05, 3.63) is 42.0 Å². The molecule has 33 heavy (non-hydrogen) atoms. The lowest BCUT2D eigenvalue weighted by Gasteiger charge is -2.07. The van der Waals surface area contributed by atoms with Gasteiger partial charge in [0, 0.05) is 31.8 Å². The normalized spacial score (nSPS) is 11.8. The van der Waals surface area contributed by atoms with Gasteiger partial charge < -0.3 is 25.0 Å². The second-order valence-corrected chi connectivity index (χ2v) is 8.24. The molecule has 0 unspecified atom stereocenters. The van der Waals surface area contributed by atoms with Crippen LogP contribution in [0.25, 0.3) is 21.3 Å². The summed E-state index contributed by atoms with van der Waals surface area (Å²) in [6.45, 7) is 0.558. The van der Waals surface area contributed by atoms with Crippen molar-refractivity contribution in [1.29, 1.82) is 0 Å². The van der Waals surface area contributed by atoms with E-state index in [2.05, 4.69) is 25.3 Å². The van der Waals surface area contributed by atoms with Gasteiger partial charge in [0.2, 0.25) is 5.95 Å². The number of aromatic nitrogens is 3. The Hall–Kier alpha value is -3.38. The van der Waals surface area contributed by atoms with E-state index in [4.69, 9.17) is 5.11 Å². The highest BCUT2D eigenvalue weighted by atomic mass is 32.1. The number of ether oxygens (including phenoxy) is 1. The minimum Gasteiger partial charge on any atom is -0.406 e. The highest BCUT2D eigenvalue weighted by Gasteiger charge is 2.31. The van der Waals surface area contributed by atoms with E-state index in [0.717, 1.165) is 5.52 Å². The largest absolute Gasteiger partial charge is 0.573 e. The van der Waals surface area contributed by atoms with Crippen LogP contribution in [0.3, 0.4) is 0 Å². The molecule has 0 aliphatic heterocycles. The van der Waals surface area contributed by atoms with Crippen LogP contribution in [0, 0.1) is 0 Å². The van der Waals surface area contributed by atoms with Gasteiger partial charge in [0.25, 0.3) is 5.91 Å². The molecular formula is C21H20F3N5O3S. The smallest absolute Gasteiger partial charge is 0.406 e. The number of fused-ring (bicyclic) bond motifs is 2. The van der Waals surface area contributed by atoms with Gasteiger partial charge in [0.05, 0.1) is 21.3 Å². The van der Waals surface area contributed by atoms with E-state index >= 15 is 0 Å². The number of aryl methyl sites for hydroxylation is 1. The zero-order chi connectivity index (χ0) is 23.6. The number of unbranched alkanes of at least 4 members (excludes halogenated alkanes) is 1. The van der Waals surface area contributed by atoms with Crippen molar-refractivity contribution >= 4 is 49.6 Å². The molecule has 0 saturated carbocycles. The Balaban J connectivity index is 1.53. The fourth-order valence-electron chi connectivity index (χ4n) is 3.24. The number of rotatable bonds is 8. The molecule has 0 fully saturated rings. The van der Waals surface area contributed by atoms with Crippen LogP contribution in [0.2, 0.25) is 0 Å². The van der Waals surface area contributed by atoms with Crippen LogP contribution in [0.15, 0.2) is 36.4 Å². The average molecular weight is 479 g/mol. The molecule has 4 aromatic rings. The predicted molar refractivity (Wildman–Crippen MR) is 119 cm³/mol. The van der Waals surface area contributed by atoms with Crippen molar-refractivity contribution < 1.29 is 27.8 Å². The summed E-state index contributed by atoms with van der Waals surface area (Å²) in [4.78, 5) is 21.3. The number of hydrogen-bond donors (Lipinski definition) is 3. The zero-order valence-corrected chi connectivity index (χ0v) is 18.3. The first-order valence-corrected chi connectivity index (χ1v) is 10.8. The summed E-state index contributed by atoms with van der Waals surface area (Å²) in [7, 11) is 1.80. The number of carbonyl (C=O) groups excluding carboxylic acids is 1. The van der Waals surface area contributed by atoms with Gasteiger partial charge in [0.1, 0.15) is 5.75 Å². The monoisotopic (exact) mass is 479 g/mol. The van der Waals surface area contributed by atoms with E-state index in [0.29, 0.717) is 51.8 Å². The van der Waals surface area contributed by atoms with E-state index in [-0.39, 0.29) is 18.3 Å². The number of hydrogen-bond acceptors (Lipinski definition) is 7. The molecule has 174 valence electrons. The molecule has 2 aromatic heterocycles. The maximum Gasteiger partial charge on any atom is 0.573 e. The molecule has 0 saturated heterocycles. The summed E-state index contributed by atoms with van der Waals surface area (Å²) in [5, 5.41) is 15.2. The fourth-order valence-corrected chi connectivity index (χ4v) is 4.13. The van der Waals surface area contributed by atoms with E-state index in [1.54, 1.807) is 29.8 Å². The van der Waals surface area contributed by atoms with Crippen LogP contribution >= 0.6 is 11.3 Å². The number of alkyl halides is 3. The second-order valence-electron chi connectivity index (χ2n) is 7.21. The van der Waals surface area contributed by atoms with Gasteiger partial charge in [0.15, 0.2) is 5.13 Å². The average Bonchev–Trinajstić information content (AvgIpc) is 3.29. The molecule has 1 amide bonds. The third-order valence-electron chi connectivity index (χ3n) is 4.83. The lowest BCUT2D eigenvalue weighted by atomic mass is 10.2. The molecule has 4 rings (SSSR count). The van der Waals surface area contributed by atoms with Gasteiger partial charge in [-0.2, -0.15) is 0 Å². The van der Waals surface area contributed by atoms with Crippen LogP contribution < -0.4 is 15.4 Å². The van der Waals surface area contributed by atoms with E-state index in [9.17, 15) is 18.0 Å². The van der Waals surface area contributed by atoms with Gasteiger partial charge in [-0.3, -0.25) is 4.79 Å². The van der Waals surface area contributed by atoms with Crippen LogP contribution in [-0.2, 0) is 7.05 Å². The maximum absolute atomic E-state index is 12.5. The van der Waals surface area contributed by atoms with Crippen LogP contribution in [-0.4, -0.2) is 45.1 Å². The van der Waals surface area contributed by atoms with Crippen molar-refractivity contribution in [3.63, 3.8) is 0 Å². The first kappa shape index (κ1) is 22.8. The number of halogens is 3. The highest BCUT2D eigenvalue weighted by molar-refractivity contribution is 7.22. The Kier molecular flexibility index (Phi) is 6.38. The van der Waals surface area contributed by atoms with Crippen LogP contribution in [0.1, 0.15) is 23.2 Å². The molecule has 0 aliphatic rings. The SMILES string of the molecule is Cn1c(Nc2nc3ccc(OC(F)(F)F)cc3s2)nc2cc(C(=O)NCCCCO)ccc21. The summed E-state index contributed by atoms with van der Waals surface area (Å²) in [6, 6.07) is 9.13. The van der Waals surface area contributed by atoms with Crippen molar-refractivity contribution in [3.8, 4) is 5.75 Å². The first-order valence-electron chi connectivity index (χ1n) is 10.0. The topological polar surface area (TPSA) is 101 Å². The molecule has 0 bridgehead atoms. The third kappa shape index (κ3) is 5.34. The van der Waals surface area contributed by atoms with Crippen molar-refractivity contribution in [2.75, 3.05) is 18.5 Å². The summed E-state index contributed by atoms with van der Waals surface area (Å²) in [6.07, 6.45) is -3.45.